The summed E-state index contributed by atoms with van der Waals surface area (Å²) in [7, 11) is 0. The Hall–Kier alpha value is -0.770. The molecule has 0 radical (unpaired) electrons. The molecule has 0 amide bonds. The standard InChI is InChI=1S/C7H9NO2S/c1-2-10-7(9)6-5-11-4-3-8-6/h3-4H,2,5H2,1H3. The summed E-state index contributed by atoms with van der Waals surface area (Å²) in [5.41, 5.74) is 0.499. The maximum absolute atomic E-state index is 11.0. The van der Waals surface area contributed by atoms with Gasteiger partial charge in [0.15, 0.2) is 0 Å². The number of nitrogens with zero attached hydrogens (tertiary/aromatic N) is 1. The fourth-order valence-corrected chi connectivity index (χ4v) is 1.25. The zero-order valence-corrected chi connectivity index (χ0v) is 7.06. The lowest BCUT2D eigenvalue weighted by Crippen LogP contribution is -2.20. The van der Waals surface area contributed by atoms with Gasteiger partial charge in [-0.15, -0.1) is 11.8 Å². The third-order valence-corrected chi connectivity index (χ3v) is 1.87. The van der Waals surface area contributed by atoms with Crippen molar-refractivity contribution >= 4 is 23.4 Å². The van der Waals surface area contributed by atoms with Crippen LogP contribution in [0.5, 0.6) is 0 Å². The van der Waals surface area contributed by atoms with Crippen molar-refractivity contribution in [1.82, 2.24) is 0 Å². The second-order valence-corrected chi connectivity index (χ2v) is 2.79. The van der Waals surface area contributed by atoms with Gasteiger partial charge in [0.05, 0.1) is 6.61 Å². The molecule has 1 heterocycles. The van der Waals surface area contributed by atoms with Gasteiger partial charge in [-0.05, 0) is 12.3 Å². The second kappa shape index (κ2) is 4.18. The predicted octanol–water partition coefficient (Wildman–Crippen LogP) is 1.21. The lowest BCUT2D eigenvalue weighted by atomic mass is 10.4. The summed E-state index contributed by atoms with van der Waals surface area (Å²) in [6.07, 6.45) is 1.61. The molecule has 11 heavy (non-hydrogen) atoms. The van der Waals surface area contributed by atoms with Gasteiger partial charge < -0.3 is 4.74 Å². The molecule has 1 aliphatic rings. The van der Waals surface area contributed by atoms with Crippen molar-refractivity contribution in [3.05, 3.63) is 11.6 Å². The van der Waals surface area contributed by atoms with Crippen LogP contribution in [-0.2, 0) is 9.53 Å². The monoisotopic (exact) mass is 171 g/mol. The SMILES string of the molecule is CCOC(=O)C1=NC=CSC1. The first-order valence-corrected chi connectivity index (χ1v) is 4.40. The van der Waals surface area contributed by atoms with Gasteiger partial charge in [-0.1, -0.05) is 0 Å². The van der Waals surface area contributed by atoms with E-state index >= 15 is 0 Å². The minimum atomic E-state index is -0.302. The van der Waals surface area contributed by atoms with E-state index in [1.165, 1.54) is 0 Å². The van der Waals surface area contributed by atoms with Crippen LogP contribution in [0.2, 0.25) is 0 Å². The maximum Gasteiger partial charge on any atom is 0.353 e. The topological polar surface area (TPSA) is 38.7 Å². The molecule has 0 saturated heterocycles. The van der Waals surface area contributed by atoms with Crippen molar-refractivity contribution in [1.29, 1.82) is 0 Å². The molecule has 0 N–H and O–H groups in total. The van der Waals surface area contributed by atoms with E-state index in [0.29, 0.717) is 18.1 Å². The summed E-state index contributed by atoms with van der Waals surface area (Å²) in [6, 6.07) is 0. The highest BCUT2D eigenvalue weighted by molar-refractivity contribution is 8.02. The lowest BCUT2D eigenvalue weighted by molar-refractivity contribution is -0.135. The number of ether oxygens (including phenoxy) is 1. The van der Waals surface area contributed by atoms with E-state index in [1.807, 2.05) is 5.41 Å². The second-order valence-electron chi connectivity index (χ2n) is 1.89. The highest BCUT2D eigenvalue weighted by Crippen LogP contribution is 2.09. The van der Waals surface area contributed by atoms with Crippen LogP contribution in [-0.4, -0.2) is 24.0 Å². The minimum Gasteiger partial charge on any atom is -0.461 e. The van der Waals surface area contributed by atoms with E-state index in [2.05, 4.69) is 4.99 Å². The van der Waals surface area contributed by atoms with Crippen LogP contribution < -0.4 is 0 Å². The van der Waals surface area contributed by atoms with Gasteiger partial charge in [-0.2, -0.15) is 0 Å². The van der Waals surface area contributed by atoms with E-state index in [4.69, 9.17) is 4.74 Å². The number of aliphatic imine (C=N–C) groups is 1. The molecule has 0 fully saturated rings. The average Bonchev–Trinajstić information content (AvgIpc) is 2.07. The van der Waals surface area contributed by atoms with Gasteiger partial charge in [-0.25, -0.2) is 4.79 Å². The van der Waals surface area contributed by atoms with Gasteiger partial charge >= 0.3 is 5.97 Å². The summed E-state index contributed by atoms with van der Waals surface area (Å²) < 4.78 is 4.76. The largest absolute Gasteiger partial charge is 0.461 e. The minimum absolute atomic E-state index is 0.302. The van der Waals surface area contributed by atoms with Crippen LogP contribution in [0.4, 0.5) is 0 Å². The molecule has 0 aromatic carbocycles. The van der Waals surface area contributed by atoms with Crippen LogP contribution in [0.25, 0.3) is 0 Å². The molecular formula is C7H9NO2S. The maximum atomic E-state index is 11.0. The molecule has 0 aromatic heterocycles. The number of hydrogen-bond acceptors (Lipinski definition) is 4. The normalized spacial score (nSPS) is 15.9. The number of carbonyl (C=O) groups is 1. The van der Waals surface area contributed by atoms with E-state index in [0.717, 1.165) is 0 Å². The van der Waals surface area contributed by atoms with Crippen molar-refractivity contribution in [2.75, 3.05) is 12.4 Å². The number of rotatable bonds is 2. The smallest absolute Gasteiger partial charge is 0.353 e. The quantitative estimate of drug-likeness (QED) is 0.586. The number of esters is 1. The van der Waals surface area contributed by atoms with Crippen LogP contribution >= 0.6 is 11.8 Å². The van der Waals surface area contributed by atoms with E-state index in [-0.39, 0.29) is 5.97 Å². The predicted molar refractivity (Wildman–Crippen MR) is 45.7 cm³/mol. The molecule has 60 valence electrons. The van der Waals surface area contributed by atoms with Crippen molar-refractivity contribution in [2.45, 2.75) is 6.92 Å². The van der Waals surface area contributed by atoms with Crippen molar-refractivity contribution in [2.24, 2.45) is 4.99 Å². The van der Waals surface area contributed by atoms with Crippen molar-refractivity contribution in [3.63, 3.8) is 0 Å². The highest BCUT2D eigenvalue weighted by Gasteiger charge is 2.12. The molecule has 0 atom stereocenters. The first kappa shape index (κ1) is 8.33. The Morgan fingerprint density at radius 3 is 3.27 bits per heavy atom. The van der Waals surface area contributed by atoms with Crippen LogP contribution in [0, 0.1) is 0 Å². The van der Waals surface area contributed by atoms with Crippen molar-refractivity contribution in [3.8, 4) is 0 Å². The molecule has 0 saturated carbocycles. The van der Waals surface area contributed by atoms with Crippen LogP contribution in [0.15, 0.2) is 16.6 Å². The summed E-state index contributed by atoms with van der Waals surface area (Å²) in [5, 5.41) is 1.85. The van der Waals surface area contributed by atoms with Gasteiger partial charge in [-0.3, -0.25) is 4.99 Å². The third-order valence-electron chi connectivity index (χ3n) is 1.12. The number of carbonyl (C=O) groups excluding carboxylic acids is 1. The fraction of sp³-hybridized carbons (Fsp3) is 0.429. The highest BCUT2D eigenvalue weighted by atomic mass is 32.2. The molecule has 1 rings (SSSR count). The van der Waals surface area contributed by atoms with Gasteiger partial charge in [0, 0.05) is 12.0 Å². The van der Waals surface area contributed by atoms with Crippen molar-refractivity contribution < 1.29 is 9.53 Å². The Bertz CT molecular complexity index is 210. The molecule has 3 nitrogen and oxygen atoms in total. The van der Waals surface area contributed by atoms with Gasteiger partial charge in [0.25, 0.3) is 0 Å². The molecule has 0 spiro atoms. The number of hydrogen-bond donors (Lipinski definition) is 0. The third kappa shape index (κ3) is 2.38. The van der Waals surface area contributed by atoms with E-state index in [1.54, 1.807) is 24.9 Å². The van der Waals surface area contributed by atoms with E-state index < -0.39 is 0 Å². The Morgan fingerprint density at radius 2 is 2.73 bits per heavy atom. The molecule has 0 aromatic rings. The molecule has 0 aliphatic carbocycles. The Morgan fingerprint density at radius 1 is 1.91 bits per heavy atom. The Balaban J connectivity index is 2.52. The molecular weight excluding hydrogens is 162 g/mol. The van der Waals surface area contributed by atoms with Crippen LogP contribution in [0.3, 0.4) is 0 Å². The first-order valence-electron chi connectivity index (χ1n) is 3.35. The Kier molecular flexibility index (Phi) is 3.16. The summed E-state index contributed by atoms with van der Waals surface area (Å²) in [5.74, 6) is 0.319. The Labute approximate surface area is 69.5 Å². The zero-order valence-electron chi connectivity index (χ0n) is 6.24. The summed E-state index contributed by atoms with van der Waals surface area (Å²) in [6.45, 7) is 2.19. The molecule has 1 aliphatic heterocycles. The molecule has 4 heteroatoms. The lowest BCUT2D eigenvalue weighted by Gasteiger charge is -2.05. The summed E-state index contributed by atoms with van der Waals surface area (Å²) >= 11 is 1.55. The van der Waals surface area contributed by atoms with Gasteiger partial charge in [0.2, 0.25) is 0 Å². The van der Waals surface area contributed by atoms with Gasteiger partial charge in [0.1, 0.15) is 5.71 Å². The molecule has 0 unspecified atom stereocenters. The molecule has 0 bridgehead atoms. The fourth-order valence-electron chi connectivity index (χ4n) is 0.654. The first-order chi connectivity index (χ1) is 5.34. The number of thioether (sulfide) groups is 1. The van der Waals surface area contributed by atoms with E-state index in [9.17, 15) is 4.79 Å². The summed E-state index contributed by atoms with van der Waals surface area (Å²) in [4.78, 5) is 14.9. The average molecular weight is 171 g/mol. The van der Waals surface area contributed by atoms with Crippen LogP contribution in [0.1, 0.15) is 6.92 Å². The zero-order chi connectivity index (χ0) is 8.10.